The van der Waals surface area contributed by atoms with Crippen molar-refractivity contribution in [3.8, 4) is 0 Å². The molecule has 0 aliphatic carbocycles. The van der Waals surface area contributed by atoms with E-state index in [1.54, 1.807) is 11.3 Å². The fourth-order valence-corrected chi connectivity index (χ4v) is 2.62. The van der Waals surface area contributed by atoms with Crippen molar-refractivity contribution < 1.29 is 0 Å². The minimum Gasteiger partial charge on any atom is -0.229 e. The molecule has 6 heteroatoms. The number of nitrogens with zero attached hydrogens (tertiary/aromatic N) is 4. The van der Waals surface area contributed by atoms with E-state index < -0.39 is 0 Å². The molecule has 2 aromatic rings. The topological polar surface area (TPSA) is 61.7 Å². The van der Waals surface area contributed by atoms with Crippen molar-refractivity contribution in [3.63, 3.8) is 0 Å². The Balaban J connectivity index is 2.44. The zero-order valence-corrected chi connectivity index (χ0v) is 9.42. The van der Waals surface area contributed by atoms with Crippen LogP contribution in [0.15, 0.2) is 27.2 Å². The summed E-state index contributed by atoms with van der Waals surface area (Å²) >= 11 is 4.90. The molecule has 14 heavy (non-hydrogen) atoms. The highest BCUT2D eigenvalue weighted by atomic mass is 79.9. The molecule has 0 bridgehead atoms. The first-order chi connectivity index (χ1) is 6.79. The quantitative estimate of drug-likeness (QED) is 0.463. The maximum atomic E-state index is 8.19. The van der Waals surface area contributed by atoms with Gasteiger partial charge in [0.25, 0.3) is 0 Å². The van der Waals surface area contributed by atoms with Gasteiger partial charge in [-0.05, 0) is 39.2 Å². The largest absolute Gasteiger partial charge is 0.229 e. The maximum Gasteiger partial charge on any atom is 0.160 e. The lowest BCUT2D eigenvalue weighted by atomic mass is 10.2. The minimum absolute atomic E-state index is 0.391. The highest BCUT2D eigenvalue weighted by Crippen LogP contribution is 2.26. The third kappa shape index (κ3) is 1.87. The fourth-order valence-electron chi connectivity index (χ4n) is 1.15. The zero-order chi connectivity index (χ0) is 9.97. The summed E-state index contributed by atoms with van der Waals surface area (Å²) in [6.45, 7) is 0.391. The number of azide groups is 1. The molecule has 1 heterocycles. The van der Waals surface area contributed by atoms with Crippen molar-refractivity contribution >= 4 is 37.5 Å². The fraction of sp³-hybridized carbons (Fsp3) is 0.125. The van der Waals surface area contributed by atoms with Gasteiger partial charge in [-0.1, -0.05) is 11.2 Å². The van der Waals surface area contributed by atoms with E-state index in [9.17, 15) is 0 Å². The highest BCUT2D eigenvalue weighted by Gasteiger charge is 2.01. The van der Waals surface area contributed by atoms with Crippen LogP contribution < -0.4 is 0 Å². The van der Waals surface area contributed by atoms with Gasteiger partial charge in [-0.3, -0.25) is 0 Å². The molecule has 0 unspecified atom stereocenters. The van der Waals surface area contributed by atoms with Crippen LogP contribution in [-0.4, -0.2) is 4.98 Å². The van der Waals surface area contributed by atoms with Gasteiger partial charge in [0.1, 0.15) is 0 Å². The van der Waals surface area contributed by atoms with Crippen LogP contribution in [0.4, 0.5) is 0 Å². The summed E-state index contributed by atoms with van der Waals surface area (Å²) in [5, 5.41) is 3.51. The summed E-state index contributed by atoms with van der Waals surface area (Å²) in [6, 6.07) is 5.84. The van der Waals surface area contributed by atoms with Crippen molar-refractivity contribution in [2.24, 2.45) is 5.11 Å². The molecule has 4 nitrogen and oxygen atoms in total. The van der Waals surface area contributed by atoms with Gasteiger partial charge >= 0.3 is 0 Å². The van der Waals surface area contributed by atoms with Gasteiger partial charge in [-0.2, -0.15) is 0 Å². The second kappa shape index (κ2) is 3.96. The first-order valence-electron chi connectivity index (χ1n) is 3.85. The van der Waals surface area contributed by atoms with Crippen molar-refractivity contribution in [2.75, 3.05) is 0 Å². The average molecular weight is 269 g/mol. The molecular formula is C8H5BrN4S. The Bertz CT molecular complexity index is 515. The van der Waals surface area contributed by atoms with Gasteiger partial charge in [-0.15, -0.1) is 11.3 Å². The van der Waals surface area contributed by atoms with Crippen LogP contribution >= 0.6 is 27.3 Å². The number of benzene rings is 1. The number of hydrogen-bond acceptors (Lipinski definition) is 3. The van der Waals surface area contributed by atoms with E-state index in [4.69, 9.17) is 5.53 Å². The summed E-state index contributed by atoms with van der Waals surface area (Å²) in [7, 11) is 0. The predicted octanol–water partition coefficient (Wildman–Crippen LogP) is 3.87. The maximum absolute atomic E-state index is 8.19. The lowest BCUT2D eigenvalue weighted by molar-refractivity contribution is 1.05. The first kappa shape index (κ1) is 9.45. The van der Waals surface area contributed by atoms with Crippen LogP contribution in [0, 0.1) is 0 Å². The summed E-state index contributed by atoms with van der Waals surface area (Å²) in [4.78, 5) is 6.99. The number of thiazole rings is 1. The molecule has 0 radical (unpaired) electrons. The van der Waals surface area contributed by atoms with Crippen LogP contribution in [-0.2, 0) is 6.54 Å². The van der Waals surface area contributed by atoms with Crippen molar-refractivity contribution in [1.29, 1.82) is 0 Å². The van der Waals surface area contributed by atoms with E-state index in [0.717, 1.165) is 19.7 Å². The molecular weight excluding hydrogens is 264 g/mol. The molecule has 0 aliphatic heterocycles. The minimum atomic E-state index is 0.391. The van der Waals surface area contributed by atoms with Crippen molar-refractivity contribution in [2.45, 2.75) is 6.54 Å². The molecule has 1 aromatic carbocycles. The Morgan fingerprint density at radius 2 is 2.43 bits per heavy atom. The third-order valence-corrected chi connectivity index (χ3v) is 3.21. The normalized spacial score (nSPS) is 10.1. The molecule has 0 saturated heterocycles. The van der Waals surface area contributed by atoms with Gasteiger partial charge in [-0.25, -0.2) is 4.98 Å². The lowest BCUT2D eigenvalue weighted by Gasteiger charge is -1.93. The molecule has 0 aliphatic rings. The van der Waals surface area contributed by atoms with Crippen molar-refractivity contribution in [1.82, 2.24) is 4.98 Å². The standard InChI is InChI=1S/C8H5BrN4S/c9-8-12-6-2-1-5(4-11-13-10)3-7(6)14-8/h1-3H,4H2. The molecule has 0 saturated carbocycles. The van der Waals surface area contributed by atoms with Gasteiger partial charge < -0.3 is 0 Å². The molecule has 2 rings (SSSR count). The molecule has 0 fully saturated rings. The Morgan fingerprint density at radius 1 is 1.57 bits per heavy atom. The van der Waals surface area contributed by atoms with Crippen LogP contribution in [0.3, 0.4) is 0 Å². The van der Waals surface area contributed by atoms with Crippen LogP contribution in [0.25, 0.3) is 20.7 Å². The molecule has 1 aromatic heterocycles. The first-order valence-corrected chi connectivity index (χ1v) is 5.46. The number of fused-ring (bicyclic) bond motifs is 1. The van der Waals surface area contributed by atoms with E-state index in [2.05, 4.69) is 30.9 Å². The Kier molecular flexibility index (Phi) is 2.67. The summed E-state index contributed by atoms with van der Waals surface area (Å²) < 4.78 is 1.97. The predicted molar refractivity (Wildman–Crippen MR) is 60.2 cm³/mol. The highest BCUT2D eigenvalue weighted by molar-refractivity contribution is 9.11. The van der Waals surface area contributed by atoms with E-state index in [0.29, 0.717) is 6.54 Å². The SMILES string of the molecule is [N-]=[N+]=NCc1ccc2nc(Br)sc2c1. The Morgan fingerprint density at radius 3 is 3.21 bits per heavy atom. The lowest BCUT2D eigenvalue weighted by Crippen LogP contribution is -1.78. The molecule has 70 valence electrons. The van der Waals surface area contributed by atoms with Crippen LogP contribution in [0.5, 0.6) is 0 Å². The van der Waals surface area contributed by atoms with Gasteiger partial charge in [0.05, 0.1) is 16.8 Å². The van der Waals surface area contributed by atoms with Gasteiger partial charge in [0, 0.05) is 4.91 Å². The van der Waals surface area contributed by atoms with Crippen LogP contribution in [0.1, 0.15) is 5.56 Å². The second-order valence-corrected chi connectivity index (χ2v) is 4.96. The molecule has 0 N–H and O–H groups in total. The van der Waals surface area contributed by atoms with Gasteiger partial charge in [0.2, 0.25) is 0 Å². The Hall–Kier alpha value is -1.10. The monoisotopic (exact) mass is 268 g/mol. The van der Waals surface area contributed by atoms with E-state index in [1.165, 1.54) is 0 Å². The molecule has 0 amide bonds. The number of aromatic nitrogens is 1. The average Bonchev–Trinajstić information content (AvgIpc) is 2.54. The zero-order valence-electron chi connectivity index (χ0n) is 7.01. The second-order valence-electron chi connectivity index (χ2n) is 2.66. The number of hydrogen-bond donors (Lipinski definition) is 0. The van der Waals surface area contributed by atoms with E-state index >= 15 is 0 Å². The number of rotatable bonds is 2. The number of halogens is 1. The van der Waals surface area contributed by atoms with E-state index in [-0.39, 0.29) is 0 Å². The summed E-state index contributed by atoms with van der Waals surface area (Å²) in [5.41, 5.74) is 10.2. The van der Waals surface area contributed by atoms with Crippen molar-refractivity contribution in [3.05, 3.63) is 38.1 Å². The van der Waals surface area contributed by atoms with Gasteiger partial charge in [0.15, 0.2) is 3.92 Å². The molecule has 0 spiro atoms. The Labute approximate surface area is 92.3 Å². The van der Waals surface area contributed by atoms with Crippen LogP contribution in [0.2, 0.25) is 0 Å². The molecule has 0 atom stereocenters. The third-order valence-electron chi connectivity index (χ3n) is 1.74. The smallest absolute Gasteiger partial charge is 0.160 e. The summed E-state index contributed by atoms with van der Waals surface area (Å²) in [5.74, 6) is 0. The summed E-state index contributed by atoms with van der Waals surface area (Å²) in [6.07, 6.45) is 0. The van der Waals surface area contributed by atoms with E-state index in [1.807, 2.05) is 18.2 Å².